The summed E-state index contributed by atoms with van der Waals surface area (Å²) in [5.41, 5.74) is -5.03. The van der Waals surface area contributed by atoms with Crippen molar-refractivity contribution in [1.82, 2.24) is 19.7 Å². The first kappa shape index (κ1) is 35.7. The normalized spacial score (nSPS) is 20.6. The zero-order valence-corrected chi connectivity index (χ0v) is 26.6. The van der Waals surface area contributed by atoms with E-state index in [-0.39, 0.29) is 50.8 Å². The molecule has 1 saturated heterocycles. The van der Waals surface area contributed by atoms with Crippen molar-refractivity contribution in [2.45, 2.75) is 55.9 Å². The topological polar surface area (TPSA) is 98.7 Å². The van der Waals surface area contributed by atoms with Crippen LogP contribution in [0, 0.1) is 0 Å². The van der Waals surface area contributed by atoms with E-state index < -0.39 is 52.4 Å². The Morgan fingerprint density at radius 2 is 1.53 bits per heavy atom. The molecule has 0 unspecified atom stereocenters. The molecule has 0 spiro atoms. The van der Waals surface area contributed by atoms with Gasteiger partial charge in [0.1, 0.15) is 12.9 Å². The number of nitrogens with zero attached hydrogens (tertiary/aromatic N) is 3. The Morgan fingerprint density at radius 1 is 0.918 bits per heavy atom. The van der Waals surface area contributed by atoms with Crippen LogP contribution in [0.15, 0.2) is 90.0 Å². The molecule has 1 aliphatic heterocycles. The maximum Gasteiger partial charge on any atom is 0.416 e. The smallest absolute Gasteiger partial charge is 0.416 e. The van der Waals surface area contributed by atoms with Gasteiger partial charge in [0, 0.05) is 7.11 Å². The lowest BCUT2D eigenvalue weighted by molar-refractivity contribution is -0.143. The fourth-order valence-corrected chi connectivity index (χ4v) is 6.23. The van der Waals surface area contributed by atoms with Crippen LogP contribution in [0.4, 0.5) is 31.1 Å². The van der Waals surface area contributed by atoms with Gasteiger partial charge in [0.15, 0.2) is 0 Å². The molecular weight excluding hydrogens is 658 g/mol. The molecule has 49 heavy (non-hydrogen) atoms. The highest BCUT2D eigenvalue weighted by atomic mass is 19.4. The van der Waals surface area contributed by atoms with E-state index in [4.69, 9.17) is 14.2 Å². The number of alkyl halides is 6. The van der Waals surface area contributed by atoms with E-state index in [1.54, 1.807) is 60.7 Å². The molecular formula is C34H34F6N4O5. The number of methoxy groups -OCH3 is 1. The van der Waals surface area contributed by atoms with Gasteiger partial charge in [-0.2, -0.15) is 31.4 Å². The molecule has 1 amide bonds. The standard InChI is InChI=1S/C34H34F6N4O5/c1-23(25-15-27(33(35,36)37)17-28(16-25)34(38,39)40)49-21-32(26-11-7-4-8-12-26)14-13-31(20-47-2,44-22-41-42-29(44)45)19-43(32)30(46)48-18-24-9-5-3-6-10-24/h3-12,15-17,22-23H,13-14,18-21H2,1-2H3,(H,42,45)/t23-,31+,32-/m1/s1. The lowest BCUT2D eigenvalue weighted by atomic mass is 9.74. The van der Waals surface area contributed by atoms with Crippen molar-refractivity contribution < 1.29 is 45.3 Å². The van der Waals surface area contributed by atoms with Crippen molar-refractivity contribution in [3.8, 4) is 0 Å². The number of carbonyl (C=O) groups excluding carboxylic acids is 1. The molecule has 0 saturated carbocycles. The Bertz CT molecular complexity index is 1750. The van der Waals surface area contributed by atoms with Gasteiger partial charge < -0.3 is 14.2 Å². The number of piperidine rings is 1. The number of carbonyl (C=O) groups is 1. The zero-order chi connectivity index (χ0) is 35.5. The number of rotatable bonds is 10. The Labute approximate surface area is 277 Å². The van der Waals surface area contributed by atoms with E-state index in [0.29, 0.717) is 23.3 Å². The third kappa shape index (κ3) is 7.67. The molecule has 0 aliphatic carbocycles. The van der Waals surface area contributed by atoms with E-state index in [1.807, 2.05) is 0 Å². The van der Waals surface area contributed by atoms with Crippen LogP contribution in [0.2, 0.25) is 0 Å². The molecule has 3 atom stereocenters. The van der Waals surface area contributed by atoms with E-state index in [0.717, 1.165) is 0 Å². The molecule has 15 heteroatoms. The average molecular weight is 693 g/mol. The Hall–Kier alpha value is -4.63. The van der Waals surface area contributed by atoms with E-state index in [2.05, 4.69) is 10.2 Å². The summed E-state index contributed by atoms with van der Waals surface area (Å²) in [5, 5.41) is 6.22. The molecule has 0 radical (unpaired) electrons. The first-order chi connectivity index (χ1) is 23.2. The second-order valence-electron chi connectivity index (χ2n) is 12.0. The number of H-pyrrole nitrogens is 1. The largest absolute Gasteiger partial charge is 0.445 e. The molecule has 3 aromatic carbocycles. The SMILES string of the molecule is COC[C@]1(n2cn[nH]c2=O)CC[C@@](CO[C@H](C)c2cc(C(F)(F)F)cc(C(F)(F)F)c2)(c2ccccc2)N(C(=O)OCc2ccccc2)C1. The number of likely N-dealkylation sites (tertiary alicyclic amines) is 1. The maximum atomic E-state index is 14.2. The number of hydrogen-bond donors (Lipinski definition) is 1. The van der Waals surface area contributed by atoms with Crippen LogP contribution in [0.1, 0.15) is 53.7 Å². The first-order valence-corrected chi connectivity index (χ1v) is 15.2. The summed E-state index contributed by atoms with van der Waals surface area (Å²) < 4.78 is 101. The molecule has 1 aromatic heterocycles. The van der Waals surface area contributed by atoms with Crippen molar-refractivity contribution >= 4 is 6.09 Å². The Kier molecular flexibility index (Phi) is 10.2. The van der Waals surface area contributed by atoms with Crippen molar-refractivity contribution in [2.75, 3.05) is 26.9 Å². The molecule has 1 N–H and O–H groups in total. The summed E-state index contributed by atoms with van der Waals surface area (Å²) in [5.74, 6) is 0. The fourth-order valence-electron chi connectivity index (χ4n) is 6.23. The summed E-state index contributed by atoms with van der Waals surface area (Å²) >= 11 is 0. The lowest BCUT2D eigenvalue weighted by Gasteiger charge is -2.53. The lowest BCUT2D eigenvalue weighted by Crippen LogP contribution is -2.64. The average Bonchev–Trinajstić information content (AvgIpc) is 3.53. The molecule has 1 fully saturated rings. The summed E-state index contributed by atoms with van der Waals surface area (Å²) in [7, 11) is 1.44. The van der Waals surface area contributed by atoms with Crippen molar-refractivity contribution in [3.05, 3.63) is 123 Å². The number of aromatic nitrogens is 3. The van der Waals surface area contributed by atoms with E-state index in [9.17, 15) is 35.9 Å². The molecule has 5 rings (SSSR count). The molecule has 1 aliphatic rings. The number of benzene rings is 3. The third-order valence-corrected chi connectivity index (χ3v) is 8.84. The molecule has 2 heterocycles. The highest BCUT2D eigenvalue weighted by Gasteiger charge is 2.53. The van der Waals surface area contributed by atoms with Gasteiger partial charge in [-0.3, -0.25) is 9.47 Å². The van der Waals surface area contributed by atoms with Crippen molar-refractivity contribution in [3.63, 3.8) is 0 Å². The third-order valence-electron chi connectivity index (χ3n) is 8.84. The quantitative estimate of drug-likeness (QED) is 0.179. The Morgan fingerprint density at radius 3 is 2.08 bits per heavy atom. The molecule has 262 valence electrons. The summed E-state index contributed by atoms with van der Waals surface area (Å²) in [6, 6.07) is 18.9. The van der Waals surface area contributed by atoms with Crippen LogP contribution in [0.3, 0.4) is 0 Å². The molecule has 9 nitrogen and oxygen atoms in total. The monoisotopic (exact) mass is 692 g/mol. The minimum absolute atomic E-state index is 0.0124. The number of aromatic amines is 1. The van der Waals surface area contributed by atoms with Gasteiger partial charge in [-0.25, -0.2) is 14.7 Å². The van der Waals surface area contributed by atoms with Crippen LogP contribution < -0.4 is 5.69 Å². The first-order valence-electron chi connectivity index (χ1n) is 15.2. The number of nitrogens with one attached hydrogen (secondary N) is 1. The van der Waals surface area contributed by atoms with Gasteiger partial charge in [-0.1, -0.05) is 60.7 Å². The molecule has 0 bridgehead atoms. The summed E-state index contributed by atoms with van der Waals surface area (Å²) in [4.78, 5) is 28.4. The highest BCUT2D eigenvalue weighted by Crippen LogP contribution is 2.45. The minimum atomic E-state index is -5.04. The van der Waals surface area contributed by atoms with Gasteiger partial charge in [0.2, 0.25) is 0 Å². The van der Waals surface area contributed by atoms with Crippen molar-refractivity contribution in [2.24, 2.45) is 0 Å². The Balaban J connectivity index is 1.57. The minimum Gasteiger partial charge on any atom is -0.445 e. The van der Waals surface area contributed by atoms with Crippen LogP contribution in [-0.4, -0.2) is 52.6 Å². The predicted molar refractivity (Wildman–Crippen MR) is 164 cm³/mol. The second kappa shape index (κ2) is 14.1. The number of amides is 1. The van der Waals surface area contributed by atoms with Crippen LogP contribution in [0.5, 0.6) is 0 Å². The number of ether oxygens (including phenoxy) is 3. The van der Waals surface area contributed by atoms with Crippen molar-refractivity contribution in [1.29, 1.82) is 0 Å². The maximum absolute atomic E-state index is 14.2. The van der Waals surface area contributed by atoms with Gasteiger partial charge in [0.05, 0.1) is 48.1 Å². The van der Waals surface area contributed by atoms with Crippen LogP contribution in [0.25, 0.3) is 0 Å². The fraction of sp³-hybridized carbons (Fsp3) is 0.382. The number of hydrogen-bond acceptors (Lipinski definition) is 6. The van der Waals surface area contributed by atoms with E-state index >= 15 is 0 Å². The predicted octanol–water partition coefficient (Wildman–Crippen LogP) is 7.06. The molecule has 4 aromatic rings. The van der Waals surface area contributed by atoms with Gasteiger partial charge >= 0.3 is 24.1 Å². The number of halogens is 6. The summed E-state index contributed by atoms with van der Waals surface area (Å²) in [6.07, 6.45) is -10.5. The summed E-state index contributed by atoms with van der Waals surface area (Å²) in [6.45, 7) is 0.727. The zero-order valence-electron chi connectivity index (χ0n) is 26.6. The highest BCUT2D eigenvalue weighted by molar-refractivity contribution is 5.70. The van der Waals surface area contributed by atoms with Gasteiger partial charge in [0.25, 0.3) is 0 Å². The van der Waals surface area contributed by atoms with E-state index in [1.165, 1.54) is 29.8 Å². The van der Waals surface area contributed by atoms with Gasteiger partial charge in [-0.05, 0) is 54.7 Å². The van der Waals surface area contributed by atoms with Gasteiger partial charge in [-0.15, -0.1) is 0 Å². The van der Waals surface area contributed by atoms with Crippen LogP contribution >= 0.6 is 0 Å². The van der Waals surface area contributed by atoms with Crippen LogP contribution in [-0.2, 0) is 44.2 Å². The second-order valence-corrected chi connectivity index (χ2v) is 12.0.